The molecule has 3 heteroatoms. The van der Waals surface area contributed by atoms with Crippen LogP contribution in [-0.2, 0) is 0 Å². The van der Waals surface area contributed by atoms with Gasteiger partial charge in [0.1, 0.15) is 0 Å². The van der Waals surface area contributed by atoms with E-state index in [1.807, 2.05) is 0 Å². The maximum atomic E-state index is 4.94. The monoisotopic (exact) mass is 338 g/mol. The van der Waals surface area contributed by atoms with Crippen LogP contribution in [0.15, 0.2) is 36.7 Å². The van der Waals surface area contributed by atoms with Crippen molar-refractivity contribution in [3.8, 4) is 0 Å². The summed E-state index contributed by atoms with van der Waals surface area (Å²) >= 11 is 4.94. The van der Waals surface area contributed by atoms with Gasteiger partial charge >= 0.3 is 0 Å². The van der Waals surface area contributed by atoms with Gasteiger partial charge in [0, 0.05) is 23.8 Å². The van der Waals surface area contributed by atoms with Crippen molar-refractivity contribution in [2.45, 2.75) is 47.0 Å². The lowest BCUT2D eigenvalue weighted by molar-refractivity contribution is 0.901. The molecule has 2 aromatic carbocycles. The zero-order chi connectivity index (χ0) is 17.6. The maximum Gasteiger partial charge on any atom is 0.155 e. The second-order valence-corrected chi connectivity index (χ2v) is 7.42. The Labute approximate surface area is 151 Å². The predicted molar refractivity (Wildman–Crippen MR) is 108 cm³/mol. The van der Waals surface area contributed by atoms with Crippen LogP contribution in [0.5, 0.6) is 0 Å². The van der Waals surface area contributed by atoms with Crippen molar-refractivity contribution in [3.05, 3.63) is 70.0 Å². The minimum Gasteiger partial charge on any atom is -0.316 e. The second kappa shape index (κ2) is 6.21. The van der Waals surface area contributed by atoms with Gasteiger partial charge in [0.25, 0.3) is 0 Å². The molecule has 0 spiro atoms. The van der Waals surface area contributed by atoms with Gasteiger partial charge in [-0.25, -0.2) is 0 Å². The van der Waals surface area contributed by atoms with Gasteiger partial charge in [-0.05, 0) is 63.8 Å². The fraction of sp³-hybridized carbons (Fsp3) is 0.333. The third kappa shape index (κ3) is 2.82. The van der Waals surface area contributed by atoms with E-state index in [0.717, 1.165) is 0 Å². The van der Waals surface area contributed by atoms with Crippen LogP contribution in [0, 0.1) is 41.5 Å². The highest BCUT2D eigenvalue weighted by atomic mass is 32.1. The SMILES string of the molecule is Cc1cc(C)c(N2C=CN(c3c(C)cc(C)cc3C)C2S)c(C)c1. The first-order chi connectivity index (χ1) is 11.3. The fourth-order valence-corrected chi connectivity index (χ4v) is 4.36. The summed E-state index contributed by atoms with van der Waals surface area (Å²) in [5, 5.41) is 0. The van der Waals surface area contributed by atoms with Crippen LogP contribution in [0.25, 0.3) is 0 Å². The lowest BCUT2D eigenvalue weighted by Gasteiger charge is -2.32. The topological polar surface area (TPSA) is 6.48 Å². The minimum atomic E-state index is -0.0368. The number of aryl methyl sites for hydroxylation is 6. The molecule has 0 amide bonds. The quantitative estimate of drug-likeness (QED) is 0.717. The van der Waals surface area contributed by atoms with Crippen LogP contribution in [0.2, 0.25) is 0 Å². The Morgan fingerprint density at radius 1 is 0.625 bits per heavy atom. The molecule has 126 valence electrons. The van der Waals surface area contributed by atoms with E-state index in [0.29, 0.717) is 0 Å². The number of anilines is 2. The fourth-order valence-electron chi connectivity index (χ4n) is 3.97. The maximum absolute atomic E-state index is 4.94. The number of hydrogen-bond acceptors (Lipinski definition) is 3. The van der Waals surface area contributed by atoms with Gasteiger partial charge in [-0.2, -0.15) is 0 Å². The minimum absolute atomic E-state index is 0.0368. The van der Waals surface area contributed by atoms with Crippen molar-refractivity contribution >= 4 is 24.0 Å². The summed E-state index contributed by atoms with van der Waals surface area (Å²) in [6, 6.07) is 8.95. The number of nitrogens with zero attached hydrogens (tertiary/aromatic N) is 2. The van der Waals surface area contributed by atoms with E-state index in [4.69, 9.17) is 12.6 Å². The van der Waals surface area contributed by atoms with E-state index in [1.165, 1.54) is 44.8 Å². The molecule has 1 aliphatic rings. The van der Waals surface area contributed by atoms with E-state index in [2.05, 4.69) is 88.0 Å². The highest BCUT2D eigenvalue weighted by Gasteiger charge is 2.29. The van der Waals surface area contributed by atoms with E-state index in [-0.39, 0.29) is 5.50 Å². The standard InChI is InChI=1S/C21H26N2S/c1-13-9-15(3)19(16(4)10-13)22-7-8-23(21(22)24)20-17(5)11-14(2)12-18(20)6/h7-12,21,24H,1-6H3. The van der Waals surface area contributed by atoms with E-state index in [9.17, 15) is 0 Å². The van der Waals surface area contributed by atoms with Crippen LogP contribution >= 0.6 is 12.6 Å². The predicted octanol–water partition coefficient (Wildman–Crippen LogP) is 5.55. The van der Waals surface area contributed by atoms with Crippen LogP contribution < -0.4 is 9.80 Å². The van der Waals surface area contributed by atoms with Gasteiger partial charge < -0.3 is 9.80 Å². The summed E-state index contributed by atoms with van der Waals surface area (Å²) in [5.74, 6) is 0. The molecular formula is C21H26N2S. The summed E-state index contributed by atoms with van der Waals surface area (Å²) in [6.07, 6.45) is 4.28. The van der Waals surface area contributed by atoms with Gasteiger partial charge in [0.05, 0.1) is 0 Å². The van der Waals surface area contributed by atoms with Gasteiger partial charge in [0.15, 0.2) is 5.50 Å². The molecule has 2 nitrogen and oxygen atoms in total. The Bertz CT molecular complexity index is 709. The summed E-state index contributed by atoms with van der Waals surface area (Å²) < 4.78 is 0. The molecule has 0 fully saturated rings. The number of thiol groups is 1. The third-order valence-corrected chi connectivity index (χ3v) is 5.17. The molecule has 0 aromatic heterocycles. The first-order valence-electron chi connectivity index (χ1n) is 8.38. The molecular weight excluding hydrogens is 312 g/mol. The zero-order valence-corrected chi connectivity index (χ0v) is 16.3. The number of hydrogen-bond donors (Lipinski definition) is 1. The molecule has 0 atom stereocenters. The Kier molecular flexibility index (Phi) is 4.39. The number of benzene rings is 2. The average Bonchev–Trinajstić information content (AvgIpc) is 2.79. The van der Waals surface area contributed by atoms with E-state index >= 15 is 0 Å². The first-order valence-corrected chi connectivity index (χ1v) is 8.90. The Morgan fingerprint density at radius 2 is 0.917 bits per heavy atom. The molecule has 0 aliphatic carbocycles. The van der Waals surface area contributed by atoms with E-state index < -0.39 is 0 Å². The zero-order valence-electron chi connectivity index (χ0n) is 15.4. The van der Waals surface area contributed by atoms with Crippen molar-refractivity contribution in [2.24, 2.45) is 0 Å². The molecule has 3 rings (SSSR count). The van der Waals surface area contributed by atoms with Gasteiger partial charge in [0.2, 0.25) is 0 Å². The summed E-state index contributed by atoms with van der Waals surface area (Å²) in [6.45, 7) is 13.0. The smallest absolute Gasteiger partial charge is 0.155 e. The Hall–Kier alpha value is -1.87. The van der Waals surface area contributed by atoms with Crippen molar-refractivity contribution in [1.29, 1.82) is 0 Å². The van der Waals surface area contributed by atoms with Crippen molar-refractivity contribution < 1.29 is 0 Å². The Balaban J connectivity index is 2.01. The molecule has 0 bridgehead atoms. The van der Waals surface area contributed by atoms with Crippen LogP contribution in [0.4, 0.5) is 11.4 Å². The molecule has 0 saturated carbocycles. The van der Waals surface area contributed by atoms with E-state index in [1.54, 1.807) is 0 Å². The van der Waals surface area contributed by atoms with Gasteiger partial charge in [-0.15, -0.1) is 12.6 Å². The average molecular weight is 339 g/mol. The molecule has 2 aromatic rings. The molecule has 0 N–H and O–H groups in total. The largest absolute Gasteiger partial charge is 0.316 e. The third-order valence-electron chi connectivity index (χ3n) is 4.67. The van der Waals surface area contributed by atoms with Crippen molar-refractivity contribution in [1.82, 2.24) is 0 Å². The normalized spacial score (nSPS) is 14.8. The van der Waals surface area contributed by atoms with Crippen molar-refractivity contribution in [3.63, 3.8) is 0 Å². The molecule has 0 unspecified atom stereocenters. The van der Waals surface area contributed by atoms with Gasteiger partial charge in [-0.3, -0.25) is 0 Å². The molecule has 0 saturated heterocycles. The summed E-state index contributed by atoms with van der Waals surface area (Å²) in [5.41, 5.74) is 10.2. The first kappa shape index (κ1) is 17.0. The molecule has 1 aliphatic heterocycles. The molecule has 1 heterocycles. The van der Waals surface area contributed by atoms with Crippen LogP contribution in [0.3, 0.4) is 0 Å². The lowest BCUT2D eigenvalue weighted by atomic mass is 10.0. The van der Waals surface area contributed by atoms with Gasteiger partial charge in [-0.1, -0.05) is 35.4 Å². The summed E-state index contributed by atoms with van der Waals surface area (Å²) in [4.78, 5) is 4.51. The van der Waals surface area contributed by atoms with Crippen LogP contribution in [-0.4, -0.2) is 5.50 Å². The van der Waals surface area contributed by atoms with Crippen LogP contribution in [0.1, 0.15) is 33.4 Å². The lowest BCUT2D eigenvalue weighted by Crippen LogP contribution is -2.35. The second-order valence-electron chi connectivity index (χ2n) is 6.95. The number of rotatable bonds is 2. The molecule has 0 radical (unpaired) electrons. The summed E-state index contributed by atoms with van der Waals surface area (Å²) in [7, 11) is 0. The Morgan fingerprint density at radius 3 is 1.21 bits per heavy atom. The highest BCUT2D eigenvalue weighted by molar-refractivity contribution is 7.81. The highest BCUT2D eigenvalue weighted by Crippen LogP contribution is 2.37. The molecule has 24 heavy (non-hydrogen) atoms. The van der Waals surface area contributed by atoms with Crippen molar-refractivity contribution in [2.75, 3.05) is 9.80 Å².